The first-order valence-corrected chi connectivity index (χ1v) is 3.89. The predicted molar refractivity (Wildman–Crippen MR) is 47.6 cm³/mol. The van der Waals surface area contributed by atoms with Gasteiger partial charge in [-0.15, -0.1) is 0 Å². The minimum absolute atomic E-state index is 0.226. The molecule has 1 aromatic rings. The zero-order valence-electron chi connectivity index (χ0n) is 7.81. The third-order valence-corrected chi connectivity index (χ3v) is 1.92. The summed E-state index contributed by atoms with van der Waals surface area (Å²) < 4.78 is 2.24. The normalized spacial score (nSPS) is 12.9. The summed E-state index contributed by atoms with van der Waals surface area (Å²) in [4.78, 5) is 22.6. The number of hydrogen-bond donors (Lipinski definition) is 1. The lowest BCUT2D eigenvalue weighted by Gasteiger charge is -2.07. The maximum atomic E-state index is 11.4. The highest BCUT2D eigenvalue weighted by atomic mass is 16.3. The van der Waals surface area contributed by atoms with Crippen molar-refractivity contribution in [2.45, 2.75) is 13.0 Å². The molecule has 5 nitrogen and oxygen atoms in total. The lowest BCUT2D eigenvalue weighted by Crippen LogP contribution is -2.38. The van der Waals surface area contributed by atoms with Crippen LogP contribution in [0.4, 0.5) is 0 Å². The summed E-state index contributed by atoms with van der Waals surface area (Å²) in [5.41, 5.74) is -0.614. The Morgan fingerprint density at radius 3 is 2.38 bits per heavy atom. The molecule has 1 rings (SSSR count). The molecule has 0 amide bonds. The van der Waals surface area contributed by atoms with Gasteiger partial charge in [0.25, 0.3) is 5.56 Å². The van der Waals surface area contributed by atoms with E-state index in [9.17, 15) is 14.7 Å². The SMILES string of the molecule is C[C@@H](O)c1cn(C)c(=O)n(C)c1=O. The van der Waals surface area contributed by atoms with Crippen LogP contribution in [0.5, 0.6) is 0 Å². The monoisotopic (exact) mass is 184 g/mol. The predicted octanol–water partition coefficient (Wildman–Crippen LogP) is -0.863. The fraction of sp³-hybridized carbons (Fsp3) is 0.500. The van der Waals surface area contributed by atoms with E-state index in [0.717, 1.165) is 4.57 Å². The summed E-state index contributed by atoms with van der Waals surface area (Å²) in [6, 6.07) is 0. The maximum Gasteiger partial charge on any atom is 0.330 e. The molecule has 0 aliphatic heterocycles. The molecule has 0 aliphatic carbocycles. The van der Waals surface area contributed by atoms with E-state index in [2.05, 4.69) is 0 Å². The Balaban J connectivity index is 3.60. The van der Waals surface area contributed by atoms with Gasteiger partial charge in [-0.25, -0.2) is 4.79 Å². The van der Waals surface area contributed by atoms with E-state index in [1.165, 1.54) is 31.8 Å². The molecule has 1 heterocycles. The highest BCUT2D eigenvalue weighted by Crippen LogP contribution is 2.02. The van der Waals surface area contributed by atoms with Crippen molar-refractivity contribution in [3.63, 3.8) is 0 Å². The van der Waals surface area contributed by atoms with Crippen LogP contribution >= 0.6 is 0 Å². The van der Waals surface area contributed by atoms with Crippen molar-refractivity contribution in [2.75, 3.05) is 0 Å². The van der Waals surface area contributed by atoms with Crippen LogP contribution in [0.15, 0.2) is 15.8 Å². The van der Waals surface area contributed by atoms with Crippen molar-refractivity contribution < 1.29 is 5.11 Å². The van der Waals surface area contributed by atoms with Gasteiger partial charge in [0.2, 0.25) is 0 Å². The molecule has 0 fully saturated rings. The lowest BCUT2D eigenvalue weighted by molar-refractivity contribution is 0.195. The molecule has 5 heteroatoms. The largest absolute Gasteiger partial charge is 0.388 e. The molecule has 0 spiro atoms. The number of aryl methyl sites for hydroxylation is 1. The molecule has 0 unspecified atom stereocenters. The molecule has 1 N–H and O–H groups in total. The van der Waals surface area contributed by atoms with E-state index in [4.69, 9.17) is 0 Å². The Labute approximate surface area is 74.9 Å². The molecule has 0 radical (unpaired) electrons. The Kier molecular flexibility index (Phi) is 2.38. The van der Waals surface area contributed by atoms with Gasteiger partial charge in [0, 0.05) is 20.3 Å². The average Bonchev–Trinajstić information content (AvgIpc) is 2.07. The van der Waals surface area contributed by atoms with Crippen LogP contribution in [-0.4, -0.2) is 14.2 Å². The zero-order chi connectivity index (χ0) is 10.2. The van der Waals surface area contributed by atoms with Crippen LogP contribution in [-0.2, 0) is 14.1 Å². The maximum absolute atomic E-state index is 11.4. The van der Waals surface area contributed by atoms with Crippen molar-refractivity contribution in [1.29, 1.82) is 0 Å². The molecule has 13 heavy (non-hydrogen) atoms. The zero-order valence-corrected chi connectivity index (χ0v) is 7.81. The average molecular weight is 184 g/mol. The summed E-state index contributed by atoms with van der Waals surface area (Å²) in [6.45, 7) is 1.49. The van der Waals surface area contributed by atoms with E-state index in [0.29, 0.717) is 0 Å². The highest BCUT2D eigenvalue weighted by molar-refractivity contribution is 5.07. The van der Waals surface area contributed by atoms with Gasteiger partial charge in [0.1, 0.15) is 0 Å². The topological polar surface area (TPSA) is 64.2 Å². The van der Waals surface area contributed by atoms with Gasteiger partial charge >= 0.3 is 5.69 Å². The molecule has 0 aliphatic rings. The first-order chi connectivity index (χ1) is 5.95. The van der Waals surface area contributed by atoms with Crippen LogP contribution < -0.4 is 11.2 Å². The Morgan fingerprint density at radius 1 is 1.38 bits per heavy atom. The number of aliphatic hydroxyl groups excluding tert-OH is 1. The number of hydrogen-bond acceptors (Lipinski definition) is 3. The minimum atomic E-state index is -0.856. The van der Waals surface area contributed by atoms with Crippen LogP contribution in [0.2, 0.25) is 0 Å². The van der Waals surface area contributed by atoms with Crippen LogP contribution in [0, 0.1) is 0 Å². The van der Waals surface area contributed by atoms with Crippen molar-refractivity contribution in [3.8, 4) is 0 Å². The molecule has 0 bridgehead atoms. The molecular weight excluding hydrogens is 172 g/mol. The van der Waals surface area contributed by atoms with Gasteiger partial charge in [0.05, 0.1) is 11.7 Å². The van der Waals surface area contributed by atoms with Crippen molar-refractivity contribution in [2.24, 2.45) is 14.1 Å². The Morgan fingerprint density at radius 2 is 1.92 bits per heavy atom. The second kappa shape index (κ2) is 3.18. The number of aromatic nitrogens is 2. The van der Waals surface area contributed by atoms with Crippen LogP contribution in [0.25, 0.3) is 0 Å². The first kappa shape index (κ1) is 9.73. The quantitative estimate of drug-likeness (QED) is 0.617. The van der Waals surface area contributed by atoms with E-state index in [1.54, 1.807) is 0 Å². The molecule has 0 saturated heterocycles. The van der Waals surface area contributed by atoms with Crippen molar-refractivity contribution in [3.05, 3.63) is 32.6 Å². The second-order valence-corrected chi connectivity index (χ2v) is 3.02. The Hall–Kier alpha value is -1.36. The summed E-state index contributed by atoms with van der Waals surface area (Å²) in [5, 5.41) is 9.22. The van der Waals surface area contributed by atoms with E-state index in [-0.39, 0.29) is 5.56 Å². The summed E-state index contributed by atoms with van der Waals surface area (Å²) in [7, 11) is 2.92. The molecule has 72 valence electrons. The highest BCUT2D eigenvalue weighted by Gasteiger charge is 2.10. The number of aliphatic hydroxyl groups is 1. The lowest BCUT2D eigenvalue weighted by atomic mass is 10.2. The standard InChI is InChI=1S/C8H12N2O3/c1-5(11)6-4-9(2)8(13)10(3)7(6)12/h4-5,11H,1-3H3/t5-/m1/s1. The molecule has 1 aromatic heterocycles. The summed E-state index contributed by atoms with van der Waals surface area (Å²) in [6.07, 6.45) is 0.500. The van der Waals surface area contributed by atoms with E-state index < -0.39 is 17.4 Å². The van der Waals surface area contributed by atoms with Gasteiger partial charge in [-0.3, -0.25) is 9.36 Å². The fourth-order valence-corrected chi connectivity index (χ4v) is 1.12. The summed E-state index contributed by atoms with van der Waals surface area (Å²) in [5.74, 6) is 0. The van der Waals surface area contributed by atoms with Gasteiger partial charge < -0.3 is 9.67 Å². The van der Waals surface area contributed by atoms with Crippen molar-refractivity contribution in [1.82, 2.24) is 9.13 Å². The van der Waals surface area contributed by atoms with E-state index >= 15 is 0 Å². The number of rotatable bonds is 1. The third-order valence-electron chi connectivity index (χ3n) is 1.92. The third kappa shape index (κ3) is 1.55. The van der Waals surface area contributed by atoms with Gasteiger partial charge in [0.15, 0.2) is 0 Å². The van der Waals surface area contributed by atoms with Crippen LogP contribution in [0.1, 0.15) is 18.6 Å². The molecule has 1 atom stereocenters. The second-order valence-electron chi connectivity index (χ2n) is 3.02. The fourth-order valence-electron chi connectivity index (χ4n) is 1.12. The van der Waals surface area contributed by atoms with Gasteiger partial charge in [-0.05, 0) is 6.92 Å². The van der Waals surface area contributed by atoms with Crippen LogP contribution in [0.3, 0.4) is 0 Å². The smallest absolute Gasteiger partial charge is 0.330 e. The van der Waals surface area contributed by atoms with Crippen molar-refractivity contribution >= 4 is 0 Å². The minimum Gasteiger partial charge on any atom is -0.388 e. The van der Waals surface area contributed by atoms with Gasteiger partial charge in [-0.2, -0.15) is 0 Å². The molecule has 0 saturated carbocycles. The first-order valence-electron chi connectivity index (χ1n) is 3.89. The summed E-state index contributed by atoms with van der Waals surface area (Å²) >= 11 is 0. The molecular formula is C8H12N2O3. The van der Waals surface area contributed by atoms with Gasteiger partial charge in [-0.1, -0.05) is 0 Å². The van der Waals surface area contributed by atoms with E-state index in [1.807, 2.05) is 0 Å². The Bertz CT molecular complexity index is 428. The number of nitrogens with zero attached hydrogens (tertiary/aromatic N) is 2. The molecule has 0 aromatic carbocycles.